The molecule has 2 aromatic rings. The molecule has 0 amide bonds. The molecule has 0 spiro atoms. The third-order valence-corrected chi connectivity index (χ3v) is 2.60. The summed E-state index contributed by atoms with van der Waals surface area (Å²) < 4.78 is 2.01. The van der Waals surface area contributed by atoms with Gasteiger partial charge in [-0.1, -0.05) is 6.92 Å². The molecule has 0 aliphatic heterocycles. The van der Waals surface area contributed by atoms with Crippen LogP contribution in [0.5, 0.6) is 0 Å². The van der Waals surface area contributed by atoms with E-state index in [2.05, 4.69) is 16.9 Å². The number of aliphatic hydroxyl groups is 1. The standard InChI is InChI=1S/C12H17N3O/c1-3-4-11-14-10-7-9(2)8-13-12(10)15(11)5-6-16/h7-8,16H,3-6H2,1-2H3. The molecule has 0 aliphatic carbocycles. The zero-order chi connectivity index (χ0) is 11.5. The second-order valence-corrected chi connectivity index (χ2v) is 4.01. The quantitative estimate of drug-likeness (QED) is 0.851. The Labute approximate surface area is 95.0 Å². The maximum absolute atomic E-state index is 9.07. The van der Waals surface area contributed by atoms with Crippen LogP contribution in [0.25, 0.3) is 11.2 Å². The predicted molar refractivity (Wildman–Crippen MR) is 63.3 cm³/mol. The van der Waals surface area contributed by atoms with Crippen LogP contribution in [0, 0.1) is 6.92 Å². The maximum Gasteiger partial charge on any atom is 0.160 e. The lowest BCUT2D eigenvalue weighted by Crippen LogP contribution is -2.07. The molecule has 4 heteroatoms. The molecule has 0 saturated heterocycles. The predicted octanol–water partition coefficient (Wildman–Crippen LogP) is 1.68. The molecule has 0 bridgehead atoms. The van der Waals surface area contributed by atoms with Crippen molar-refractivity contribution < 1.29 is 5.11 Å². The van der Waals surface area contributed by atoms with Gasteiger partial charge >= 0.3 is 0 Å². The molecule has 0 radical (unpaired) electrons. The first-order valence-corrected chi connectivity index (χ1v) is 5.69. The van der Waals surface area contributed by atoms with Crippen LogP contribution in [-0.4, -0.2) is 26.2 Å². The number of aryl methyl sites for hydroxylation is 2. The fourth-order valence-electron chi connectivity index (χ4n) is 1.91. The second kappa shape index (κ2) is 4.61. The van der Waals surface area contributed by atoms with E-state index in [1.54, 1.807) is 0 Å². The third kappa shape index (κ3) is 1.93. The minimum absolute atomic E-state index is 0.123. The van der Waals surface area contributed by atoms with Crippen molar-refractivity contribution in [3.8, 4) is 0 Å². The van der Waals surface area contributed by atoms with Gasteiger partial charge in [0.05, 0.1) is 6.61 Å². The monoisotopic (exact) mass is 219 g/mol. The van der Waals surface area contributed by atoms with E-state index in [1.165, 1.54) is 0 Å². The molecule has 0 fully saturated rings. The fourth-order valence-corrected chi connectivity index (χ4v) is 1.91. The van der Waals surface area contributed by atoms with Crippen LogP contribution < -0.4 is 0 Å². The minimum Gasteiger partial charge on any atom is -0.395 e. The number of hydrogen-bond donors (Lipinski definition) is 1. The Morgan fingerprint density at radius 1 is 1.44 bits per heavy atom. The van der Waals surface area contributed by atoms with Gasteiger partial charge in [0.25, 0.3) is 0 Å². The molecule has 1 N–H and O–H groups in total. The average molecular weight is 219 g/mol. The van der Waals surface area contributed by atoms with Crippen molar-refractivity contribution in [3.63, 3.8) is 0 Å². The van der Waals surface area contributed by atoms with Crippen LogP contribution in [0.4, 0.5) is 0 Å². The largest absolute Gasteiger partial charge is 0.395 e. The molecule has 4 nitrogen and oxygen atoms in total. The maximum atomic E-state index is 9.07. The van der Waals surface area contributed by atoms with Crippen molar-refractivity contribution in [3.05, 3.63) is 23.7 Å². The second-order valence-electron chi connectivity index (χ2n) is 4.01. The Bertz CT molecular complexity index is 490. The number of nitrogens with zero attached hydrogens (tertiary/aromatic N) is 3. The molecule has 0 aromatic carbocycles. The molecule has 2 rings (SSSR count). The highest BCUT2D eigenvalue weighted by Crippen LogP contribution is 2.16. The Morgan fingerprint density at radius 2 is 2.25 bits per heavy atom. The van der Waals surface area contributed by atoms with Crippen molar-refractivity contribution in [1.29, 1.82) is 0 Å². The molecule has 2 aromatic heterocycles. The van der Waals surface area contributed by atoms with E-state index in [0.29, 0.717) is 6.54 Å². The van der Waals surface area contributed by atoms with Crippen molar-refractivity contribution >= 4 is 11.2 Å². The summed E-state index contributed by atoms with van der Waals surface area (Å²) in [5, 5.41) is 9.07. The molecule has 0 atom stereocenters. The Balaban J connectivity index is 2.56. The van der Waals surface area contributed by atoms with Gasteiger partial charge in [-0.15, -0.1) is 0 Å². The van der Waals surface area contributed by atoms with E-state index in [0.717, 1.165) is 35.4 Å². The first-order chi connectivity index (χ1) is 7.76. The Morgan fingerprint density at radius 3 is 2.94 bits per heavy atom. The summed E-state index contributed by atoms with van der Waals surface area (Å²) in [5.41, 5.74) is 2.92. The van der Waals surface area contributed by atoms with Gasteiger partial charge in [0.2, 0.25) is 0 Å². The molecule has 0 aliphatic rings. The van der Waals surface area contributed by atoms with E-state index >= 15 is 0 Å². The lowest BCUT2D eigenvalue weighted by molar-refractivity contribution is 0.275. The molecule has 0 saturated carbocycles. The fraction of sp³-hybridized carbons (Fsp3) is 0.500. The van der Waals surface area contributed by atoms with Gasteiger partial charge in [-0.2, -0.15) is 0 Å². The minimum atomic E-state index is 0.123. The van der Waals surface area contributed by atoms with Crippen molar-refractivity contribution in [1.82, 2.24) is 14.5 Å². The number of aromatic nitrogens is 3. The number of rotatable bonds is 4. The van der Waals surface area contributed by atoms with Crippen molar-refractivity contribution in [2.24, 2.45) is 0 Å². The van der Waals surface area contributed by atoms with Gasteiger partial charge in [-0.25, -0.2) is 9.97 Å². The smallest absolute Gasteiger partial charge is 0.160 e. The number of imidazole rings is 1. The highest BCUT2D eigenvalue weighted by atomic mass is 16.3. The summed E-state index contributed by atoms with van der Waals surface area (Å²) in [6, 6.07) is 2.04. The first kappa shape index (κ1) is 11.1. The lowest BCUT2D eigenvalue weighted by atomic mass is 10.3. The van der Waals surface area contributed by atoms with E-state index < -0.39 is 0 Å². The SMILES string of the molecule is CCCc1nc2cc(C)cnc2n1CCO. The van der Waals surface area contributed by atoms with E-state index in [4.69, 9.17) is 5.11 Å². The zero-order valence-electron chi connectivity index (χ0n) is 9.77. The number of fused-ring (bicyclic) bond motifs is 1. The molecule has 0 unspecified atom stereocenters. The van der Waals surface area contributed by atoms with Gasteiger partial charge < -0.3 is 9.67 Å². The Hall–Kier alpha value is -1.42. The summed E-state index contributed by atoms with van der Waals surface area (Å²) in [5.74, 6) is 1.02. The van der Waals surface area contributed by atoms with Crippen LogP contribution in [0.1, 0.15) is 24.7 Å². The Kier molecular flexibility index (Phi) is 3.19. The van der Waals surface area contributed by atoms with Crippen LogP contribution >= 0.6 is 0 Å². The van der Waals surface area contributed by atoms with E-state index in [9.17, 15) is 0 Å². The highest BCUT2D eigenvalue weighted by molar-refractivity contribution is 5.72. The number of aliphatic hydroxyl groups excluding tert-OH is 1. The number of pyridine rings is 1. The highest BCUT2D eigenvalue weighted by Gasteiger charge is 2.10. The molecular weight excluding hydrogens is 202 g/mol. The summed E-state index contributed by atoms with van der Waals surface area (Å²) >= 11 is 0. The van der Waals surface area contributed by atoms with Gasteiger partial charge in [-0.05, 0) is 25.0 Å². The van der Waals surface area contributed by atoms with Crippen LogP contribution in [0.15, 0.2) is 12.3 Å². The lowest BCUT2D eigenvalue weighted by Gasteiger charge is -2.05. The summed E-state index contributed by atoms with van der Waals surface area (Å²) in [6.07, 6.45) is 3.82. The number of hydrogen-bond acceptors (Lipinski definition) is 3. The van der Waals surface area contributed by atoms with E-state index in [1.807, 2.05) is 23.8 Å². The molecule has 16 heavy (non-hydrogen) atoms. The van der Waals surface area contributed by atoms with Gasteiger partial charge in [0.1, 0.15) is 11.3 Å². The normalized spacial score (nSPS) is 11.2. The summed E-state index contributed by atoms with van der Waals surface area (Å²) in [4.78, 5) is 8.96. The summed E-state index contributed by atoms with van der Waals surface area (Å²) in [7, 11) is 0. The van der Waals surface area contributed by atoms with Gasteiger partial charge in [0.15, 0.2) is 5.65 Å². The van der Waals surface area contributed by atoms with Crippen LogP contribution in [0.2, 0.25) is 0 Å². The van der Waals surface area contributed by atoms with Crippen molar-refractivity contribution in [2.75, 3.05) is 6.61 Å². The van der Waals surface area contributed by atoms with Gasteiger partial charge in [-0.3, -0.25) is 0 Å². The zero-order valence-corrected chi connectivity index (χ0v) is 9.77. The van der Waals surface area contributed by atoms with E-state index in [-0.39, 0.29) is 6.61 Å². The third-order valence-electron chi connectivity index (χ3n) is 2.60. The van der Waals surface area contributed by atoms with Crippen LogP contribution in [0.3, 0.4) is 0 Å². The topological polar surface area (TPSA) is 50.9 Å². The average Bonchev–Trinajstić information content (AvgIpc) is 2.57. The first-order valence-electron chi connectivity index (χ1n) is 5.69. The van der Waals surface area contributed by atoms with Crippen LogP contribution in [-0.2, 0) is 13.0 Å². The summed E-state index contributed by atoms with van der Waals surface area (Å²) in [6.45, 7) is 4.83. The molecular formula is C12H17N3O. The molecule has 2 heterocycles. The van der Waals surface area contributed by atoms with Gasteiger partial charge in [0, 0.05) is 19.2 Å². The van der Waals surface area contributed by atoms with Crippen molar-refractivity contribution in [2.45, 2.75) is 33.2 Å². The molecule has 86 valence electrons.